The third kappa shape index (κ3) is 22.6. The molecule has 2 aromatic heterocycles. The Hall–Kier alpha value is -7.04. The van der Waals surface area contributed by atoms with Crippen LogP contribution >= 0.6 is 30.5 Å². The monoisotopic (exact) mass is 1320 g/mol. The van der Waals surface area contributed by atoms with Crippen LogP contribution in [0.25, 0.3) is 44.7 Å². The van der Waals surface area contributed by atoms with E-state index >= 15 is 0 Å². The zero-order valence-corrected chi connectivity index (χ0v) is 55.1. The molecule has 0 aliphatic carbocycles. The zero-order chi connectivity index (χ0) is 64.2. The Morgan fingerprint density at radius 2 is 1.24 bits per heavy atom. The molecule has 496 valence electrons. The quantitative estimate of drug-likeness (QED) is 0.00972. The summed E-state index contributed by atoms with van der Waals surface area (Å²) in [5, 5.41) is 13.7. The number of carbonyl (C=O) groups excluding carboxylic acids is 5. The van der Waals surface area contributed by atoms with Gasteiger partial charge in [0, 0.05) is 127 Å². The van der Waals surface area contributed by atoms with Crippen LogP contribution in [0.2, 0.25) is 0 Å². The molecule has 0 bridgehead atoms. The summed E-state index contributed by atoms with van der Waals surface area (Å²) in [6, 6.07) is 33.6. The molecule has 0 spiro atoms. The molecule has 1 fully saturated rings. The van der Waals surface area contributed by atoms with E-state index in [9.17, 15) is 33.4 Å². The molecular weight excluding hydrogens is 1220 g/mol. The number of hydrogen-bond acceptors (Lipinski definition) is 15. The fourth-order valence-electron chi connectivity index (χ4n) is 10.7. The second kappa shape index (κ2) is 36.4. The average molecular weight is 1320 g/mol. The maximum absolute atomic E-state index is 13.3. The number of nitrogens with one attached hydrogen (secondary N) is 4. The molecule has 3 unspecified atom stereocenters. The van der Waals surface area contributed by atoms with Gasteiger partial charge in [0.25, 0.3) is 23.7 Å². The van der Waals surface area contributed by atoms with Gasteiger partial charge in [-0.2, -0.15) is 9.13 Å². The van der Waals surface area contributed by atoms with Gasteiger partial charge < -0.3 is 44.3 Å². The Bertz CT molecular complexity index is 3580. The molecule has 22 heteroatoms. The number of thiazole rings is 2. The summed E-state index contributed by atoms with van der Waals surface area (Å²) in [6.07, 6.45) is 13.3. The summed E-state index contributed by atoms with van der Waals surface area (Å²) in [5.41, 5.74) is 6.99. The van der Waals surface area contributed by atoms with E-state index in [1.165, 1.54) is 33.2 Å². The van der Waals surface area contributed by atoms with Crippen LogP contribution in [0, 0.1) is 12.8 Å². The first-order valence-electron chi connectivity index (χ1n) is 31.0. The minimum Gasteiger partial charge on any atom is -0.756 e. The molecule has 6 aromatic rings. The Kier molecular flexibility index (Phi) is 29.3. The van der Waals surface area contributed by atoms with Gasteiger partial charge in [-0.1, -0.05) is 110 Å². The van der Waals surface area contributed by atoms with Crippen LogP contribution in [0.5, 0.6) is 0 Å². The Labute approximate surface area is 551 Å². The number of ether oxygens (including phenoxy) is 2. The van der Waals surface area contributed by atoms with Crippen LogP contribution in [-0.2, 0) is 60.1 Å². The van der Waals surface area contributed by atoms with E-state index in [0.29, 0.717) is 58.4 Å². The Morgan fingerprint density at radius 3 is 1.76 bits per heavy atom. The van der Waals surface area contributed by atoms with Crippen molar-refractivity contribution in [2.24, 2.45) is 5.92 Å². The van der Waals surface area contributed by atoms with E-state index < -0.39 is 62.5 Å². The molecule has 5 atom stereocenters. The SMILES string of the molecule is C.C.Cc1ccc(/C=C/c2sc3ccccc3[n+]2CCCCC(=O)NCCN(CCNC(=O)/C=C/C2=CC([C@H]3CC(OC(C)C)[C@@H](COP(=O)([O-])OC(C)C)O3)C(=O)NC2=O)CCNC(=O)CCCC[n+]2c(/C=C/c3ccc(N(C)C)cc3)sc3ccccc32)cc1. The molecule has 2 aliphatic rings. The first-order valence-corrected chi connectivity index (χ1v) is 34.1. The third-order valence-electron chi connectivity index (χ3n) is 15.3. The summed E-state index contributed by atoms with van der Waals surface area (Å²) in [6.45, 7) is 12.2. The first-order chi connectivity index (χ1) is 43.3. The number of aryl methyl sites for hydroxylation is 3. The van der Waals surface area contributed by atoms with Crippen LogP contribution in [0.15, 0.2) is 121 Å². The highest BCUT2D eigenvalue weighted by Gasteiger charge is 2.44. The summed E-state index contributed by atoms with van der Waals surface area (Å²) >= 11 is 3.49. The van der Waals surface area contributed by atoms with Crippen molar-refractivity contribution < 1.29 is 61.1 Å². The molecular formula is C70H94N8O11PS2+. The maximum Gasteiger partial charge on any atom is 0.268 e. The molecule has 5 amide bonds. The molecule has 1 saturated heterocycles. The molecule has 19 nitrogen and oxygen atoms in total. The van der Waals surface area contributed by atoms with Crippen LogP contribution in [0.4, 0.5) is 5.69 Å². The fraction of sp³-hybridized carbons (Fsp3) is 0.443. The minimum absolute atomic E-state index is 0. The Morgan fingerprint density at radius 1 is 0.717 bits per heavy atom. The van der Waals surface area contributed by atoms with Crippen molar-refractivity contribution >= 4 is 110 Å². The van der Waals surface area contributed by atoms with Gasteiger partial charge in [0.2, 0.25) is 34.7 Å². The number of hydrogen-bond donors (Lipinski definition) is 4. The number of benzene rings is 4. The van der Waals surface area contributed by atoms with Gasteiger partial charge in [0.15, 0.2) is 13.1 Å². The Balaban J connectivity index is 0.00000672. The molecule has 2 aliphatic heterocycles. The van der Waals surface area contributed by atoms with Gasteiger partial charge in [0.1, 0.15) is 15.5 Å². The normalized spacial score (nSPS) is 17.4. The van der Waals surface area contributed by atoms with Crippen molar-refractivity contribution in [2.75, 3.05) is 64.9 Å². The number of carbonyl (C=O) groups is 5. The van der Waals surface area contributed by atoms with Gasteiger partial charge >= 0.3 is 0 Å². The summed E-state index contributed by atoms with van der Waals surface area (Å²) < 4.78 is 41.7. The topological polar surface area (TPSA) is 225 Å². The smallest absolute Gasteiger partial charge is 0.268 e. The highest BCUT2D eigenvalue weighted by Crippen LogP contribution is 2.42. The van der Waals surface area contributed by atoms with Gasteiger partial charge in [-0.3, -0.25) is 38.8 Å². The lowest BCUT2D eigenvalue weighted by Gasteiger charge is -2.28. The van der Waals surface area contributed by atoms with Crippen molar-refractivity contribution in [3.05, 3.63) is 148 Å². The molecule has 4 N–H and O–H groups in total. The lowest BCUT2D eigenvalue weighted by atomic mass is 9.92. The number of phosphoric ester groups is 1. The molecule has 92 heavy (non-hydrogen) atoms. The molecule has 0 radical (unpaired) electrons. The minimum atomic E-state index is -4.65. The summed E-state index contributed by atoms with van der Waals surface area (Å²) in [4.78, 5) is 82.7. The largest absolute Gasteiger partial charge is 0.756 e. The van der Waals surface area contributed by atoms with Crippen LogP contribution in [-0.4, -0.2) is 125 Å². The van der Waals surface area contributed by atoms with E-state index in [1.54, 1.807) is 36.5 Å². The van der Waals surface area contributed by atoms with Crippen molar-refractivity contribution in [1.82, 2.24) is 26.2 Å². The molecule has 0 saturated carbocycles. The number of amides is 5. The average Bonchev–Trinajstić information content (AvgIpc) is 1.79. The number of aromatic nitrogens is 2. The van der Waals surface area contributed by atoms with E-state index in [-0.39, 0.29) is 51.3 Å². The van der Waals surface area contributed by atoms with E-state index in [0.717, 1.165) is 63.8 Å². The number of anilines is 1. The second-order valence-corrected chi connectivity index (χ2v) is 26.8. The highest BCUT2D eigenvalue weighted by molar-refractivity contribution is 7.45. The number of rotatable bonds is 34. The number of para-hydroxylation sites is 2. The fourth-order valence-corrected chi connectivity index (χ4v) is 13.8. The predicted molar refractivity (Wildman–Crippen MR) is 367 cm³/mol. The van der Waals surface area contributed by atoms with E-state index in [2.05, 4.69) is 168 Å². The van der Waals surface area contributed by atoms with Crippen molar-refractivity contribution in [3.63, 3.8) is 0 Å². The van der Waals surface area contributed by atoms with Gasteiger partial charge in [-0.15, -0.1) is 0 Å². The second-order valence-electron chi connectivity index (χ2n) is 23.3. The standard InChI is InChI=1S/C68H85N8O11PS2.2CH4/c1-47(2)85-58-45-57(86-59(58)46-84-88(82,83)87-48(3)4)54-44-52(67(80)72-68(54)81)30-33-64(79)71-38-43-74(41-36-69-62(77)20-12-14-39-75-55-16-8-10-18-60(55)89-65(75)34-28-50-24-22-49(5)23-25-50)42-37-70-63(78)21-13-15-40-76-56-17-9-11-19-61(56)90-66(76)35-29-51-26-31-53(32-27-51)73(6)7;;/h8-11,16-19,22-35,44,47-48,54,57-59H,12-15,20-21,36-43,45-46H2,1-7H3,(H3-2,69,70,71,72,77,78,79,80,81,82,83);2*1H4/p+1/b33-30+,34-28+;;/t54?,57-,58?,59-;;/m1../s1. The van der Waals surface area contributed by atoms with Crippen molar-refractivity contribution in [3.8, 4) is 0 Å². The predicted octanol–water partition coefficient (Wildman–Crippen LogP) is 9.99. The summed E-state index contributed by atoms with van der Waals surface area (Å²) in [7, 11) is -0.599. The number of phosphoric acid groups is 1. The number of unbranched alkanes of at least 4 members (excludes halogenated alkanes) is 2. The van der Waals surface area contributed by atoms with Crippen molar-refractivity contribution in [2.45, 2.75) is 138 Å². The molecule has 4 heterocycles. The molecule has 8 rings (SSSR count). The number of fused-ring (bicyclic) bond motifs is 2. The van der Waals surface area contributed by atoms with Crippen molar-refractivity contribution in [1.29, 1.82) is 0 Å². The lowest BCUT2D eigenvalue weighted by molar-refractivity contribution is -0.669. The molecule has 4 aromatic carbocycles. The van der Waals surface area contributed by atoms with Gasteiger partial charge in [0.05, 0.1) is 36.9 Å². The summed E-state index contributed by atoms with van der Waals surface area (Å²) in [5.74, 6) is -2.87. The van der Waals surface area contributed by atoms with E-state index in [1.807, 2.05) is 27.9 Å². The third-order valence-corrected chi connectivity index (χ3v) is 18.7. The van der Waals surface area contributed by atoms with Crippen LogP contribution in [0.3, 0.4) is 0 Å². The number of imide groups is 1. The zero-order valence-electron chi connectivity index (χ0n) is 52.6. The first kappa shape index (κ1) is 74.0. The highest BCUT2D eigenvalue weighted by atomic mass is 32.1. The van der Waals surface area contributed by atoms with Gasteiger partial charge in [-0.05, 0) is 101 Å². The van der Waals surface area contributed by atoms with Gasteiger partial charge in [-0.25, -0.2) is 0 Å². The lowest BCUT2D eigenvalue weighted by Crippen LogP contribution is -2.44. The van der Waals surface area contributed by atoms with E-state index in [4.69, 9.17) is 18.5 Å². The maximum atomic E-state index is 13.3. The van der Waals surface area contributed by atoms with Crippen LogP contribution < -0.4 is 40.2 Å². The van der Waals surface area contributed by atoms with Crippen LogP contribution in [0.1, 0.15) is 114 Å². The number of nitrogens with zero attached hydrogens (tertiary/aromatic N) is 4.